The van der Waals surface area contributed by atoms with Gasteiger partial charge in [0.25, 0.3) is 0 Å². The van der Waals surface area contributed by atoms with Crippen molar-refractivity contribution in [1.29, 1.82) is 0 Å². The predicted octanol–water partition coefficient (Wildman–Crippen LogP) is 2.69. The molecule has 5 nitrogen and oxygen atoms in total. The molecule has 22 heavy (non-hydrogen) atoms. The van der Waals surface area contributed by atoms with Crippen LogP contribution in [0.25, 0.3) is 0 Å². The molecule has 0 radical (unpaired) electrons. The fraction of sp³-hybridized carbons (Fsp3) is 0.375. The number of halogens is 1. The fourth-order valence-electron chi connectivity index (χ4n) is 2.00. The third kappa shape index (κ3) is 4.07. The largest absolute Gasteiger partial charge is 0.494 e. The summed E-state index contributed by atoms with van der Waals surface area (Å²) < 4.78 is 23.8. The van der Waals surface area contributed by atoms with E-state index in [1.54, 1.807) is 12.1 Å². The van der Waals surface area contributed by atoms with Crippen LogP contribution < -0.4 is 10.1 Å². The third-order valence-corrected chi connectivity index (χ3v) is 3.37. The molecule has 1 aromatic heterocycles. The Bertz CT molecular complexity index is 648. The van der Waals surface area contributed by atoms with E-state index in [-0.39, 0.29) is 24.6 Å². The van der Waals surface area contributed by atoms with Crippen molar-refractivity contribution in [3.05, 3.63) is 46.9 Å². The molecular formula is C16H19FN2O3. The van der Waals surface area contributed by atoms with Crippen LogP contribution in [-0.2, 0) is 17.8 Å². The van der Waals surface area contributed by atoms with Gasteiger partial charge in [-0.3, -0.25) is 4.79 Å². The molecule has 2 aromatic rings. The van der Waals surface area contributed by atoms with E-state index in [2.05, 4.69) is 10.3 Å². The van der Waals surface area contributed by atoms with Crippen LogP contribution in [0.3, 0.4) is 0 Å². The van der Waals surface area contributed by atoms with E-state index in [1.165, 1.54) is 13.2 Å². The number of carbonyl (C=O) groups excluding carboxylic acids is 1. The summed E-state index contributed by atoms with van der Waals surface area (Å²) >= 11 is 0. The Balaban J connectivity index is 1.81. The van der Waals surface area contributed by atoms with Crippen LogP contribution in [0, 0.1) is 19.7 Å². The Kier molecular flexibility index (Phi) is 5.14. The van der Waals surface area contributed by atoms with Gasteiger partial charge in [-0.05, 0) is 38.0 Å². The molecule has 0 fully saturated rings. The lowest BCUT2D eigenvalue weighted by atomic mass is 10.1. The number of rotatable bonds is 6. The first kappa shape index (κ1) is 16.0. The number of oxazole rings is 1. The number of amides is 1. The van der Waals surface area contributed by atoms with Crippen LogP contribution >= 0.6 is 0 Å². The van der Waals surface area contributed by atoms with Gasteiger partial charge in [-0.15, -0.1) is 0 Å². The second kappa shape index (κ2) is 7.06. The van der Waals surface area contributed by atoms with Crippen molar-refractivity contribution in [2.45, 2.75) is 33.2 Å². The molecule has 0 atom stereocenters. The van der Waals surface area contributed by atoms with Gasteiger partial charge < -0.3 is 14.5 Å². The molecule has 118 valence electrons. The normalized spacial score (nSPS) is 10.5. The number of nitrogens with one attached hydrogen (secondary N) is 1. The van der Waals surface area contributed by atoms with E-state index in [0.29, 0.717) is 12.3 Å². The van der Waals surface area contributed by atoms with Gasteiger partial charge in [0.15, 0.2) is 11.6 Å². The number of hydrogen-bond acceptors (Lipinski definition) is 4. The Morgan fingerprint density at radius 3 is 2.77 bits per heavy atom. The zero-order chi connectivity index (χ0) is 16.1. The minimum Gasteiger partial charge on any atom is -0.494 e. The first-order valence-electron chi connectivity index (χ1n) is 7.01. The second-order valence-corrected chi connectivity index (χ2v) is 4.99. The number of benzene rings is 1. The van der Waals surface area contributed by atoms with Gasteiger partial charge in [0.1, 0.15) is 5.76 Å². The quantitative estimate of drug-likeness (QED) is 0.891. The Hall–Kier alpha value is -2.37. The summed E-state index contributed by atoms with van der Waals surface area (Å²) in [6.45, 7) is 3.93. The topological polar surface area (TPSA) is 64.4 Å². The predicted molar refractivity (Wildman–Crippen MR) is 79.1 cm³/mol. The smallest absolute Gasteiger partial charge is 0.220 e. The molecule has 0 aliphatic carbocycles. The van der Waals surface area contributed by atoms with E-state index in [1.807, 2.05) is 13.8 Å². The highest BCUT2D eigenvalue weighted by Gasteiger charge is 2.09. The number of hydrogen-bond donors (Lipinski definition) is 1. The molecule has 1 amide bonds. The van der Waals surface area contributed by atoms with Crippen LogP contribution in [0.4, 0.5) is 4.39 Å². The first-order chi connectivity index (χ1) is 10.5. The molecule has 2 rings (SSSR count). The zero-order valence-electron chi connectivity index (χ0n) is 12.9. The van der Waals surface area contributed by atoms with Crippen molar-refractivity contribution >= 4 is 5.91 Å². The van der Waals surface area contributed by atoms with Gasteiger partial charge >= 0.3 is 0 Å². The molecule has 1 heterocycles. The van der Waals surface area contributed by atoms with Crippen LogP contribution in [-0.4, -0.2) is 18.0 Å². The monoisotopic (exact) mass is 306 g/mol. The SMILES string of the molecule is COc1ccc(CCC(=O)NCc2nc(C)c(C)o2)cc1F. The molecule has 0 bridgehead atoms. The molecule has 0 saturated carbocycles. The number of carbonyl (C=O) groups is 1. The van der Waals surface area contributed by atoms with Gasteiger partial charge in [0.2, 0.25) is 11.8 Å². The van der Waals surface area contributed by atoms with Crippen LogP contribution in [0.2, 0.25) is 0 Å². The summed E-state index contributed by atoms with van der Waals surface area (Å²) in [6.07, 6.45) is 0.723. The lowest BCUT2D eigenvalue weighted by Crippen LogP contribution is -2.23. The summed E-state index contributed by atoms with van der Waals surface area (Å²) in [5.74, 6) is 0.871. The summed E-state index contributed by atoms with van der Waals surface area (Å²) in [5, 5.41) is 2.73. The zero-order valence-corrected chi connectivity index (χ0v) is 12.9. The minimum atomic E-state index is -0.425. The summed E-state index contributed by atoms with van der Waals surface area (Å²) in [4.78, 5) is 16.0. The number of aromatic nitrogens is 1. The lowest BCUT2D eigenvalue weighted by Gasteiger charge is -2.05. The fourth-order valence-corrected chi connectivity index (χ4v) is 2.00. The maximum Gasteiger partial charge on any atom is 0.220 e. The third-order valence-electron chi connectivity index (χ3n) is 3.37. The number of methoxy groups -OCH3 is 1. The van der Waals surface area contributed by atoms with Crippen molar-refractivity contribution in [2.24, 2.45) is 0 Å². The molecule has 0 spiro atoms. The summed E-state index contributed by atoms with van der Waals surface area (Å²) in [5.41, 5.74) is 1.56. The molecule has 1 N–H and O–H groups in total. The number of ether oxygens (including phenoxy) is 1. The van der Waals surface area contributed by atoms with E-state index < -0.39 is 5.82 Å². The number of aryl methyl sites for hydroxylation is 3. The van der Waals surface area contributed by atoms with Gasteiger partial charge in [-0.1, -0.05) is 6.07 Å². The van der Waals surface area contributed by atoms with Crippen molar-refractivity contribution in [3.8, 4) is 5.75 Å². The van der Waals surface area contributed by atoms with E-state index in [4.69, 9.17) is 9.15 Å². The standard InChI is InChI=1S/C16H19FN2O3/c1-10-11(2)22-16(19-10)9-18-15(20)7-5-12-4-6-14(21-3)13(17)8-12/h4,6,8H,5,7,9H2,1-3H3,(H,18,20). The second-order valence-electron chi connectivity index (χ2n) is 4.99. The highest BCUT2D eigenvalue weighted by Crippen LogP contribution is 2.18. The van der Waals surface area contributed by atoms with E-state index in [0.717, 1.165) is 17.0 Å². The Morgan fingerprint density at radius 1 is 1.41 bits per heavy atom. The Morgan fingerprint density at radius 2 is 2.18 bits per heavy atom. The highest BCUT2D eigenvalue weighted by atomic mass is 19.1. The average Bonchev–Trinajstić information content (AvgIpc) is 2.82. The molecular weight excluding hydrogens is 287 g/mol. The molecule has 0 unspecified atom stereocenters. The molecule has 0 aliphatic heterocycles. The molecule has 1 aromatic carbocycles. The van der Waals surface area contributed by atoms with Gasteiger partial charge in [0.05, 0.1) is 19.3 Å². The molecule has 6 heteroatoms. The van der Waals surface area contributed by atoms with Crippen LogP contribution in [0.15, 0.2) is 22.6 Å². The highest BCUT2D eigenvalue weighted by molar-refractivity contribution is 5.76. The molecule has 0 saturated heterocycles. The summed E-state index contributed by atoms with van der Waals surface area (Å²) in [6, 6.07) is 4.68. The minimum absolute atomic E-state index is 0.135. The summed E-state index contributed by atoms with van der Waals surface area (Å²) in [7, 11) is 1.41. The van der Waals surface area contributed by atoms with Crippen molar-refractivity contribution in [1.82, 2.24) is 10.3 Å². The van der Waals surface area contributed by atoms with E-state index >= 15 is 0 Å². The number of nitrogens with zero attached hydrogens (tertiary/aromatic N) is 1. The Labute approximate surface area is 128 Å². The first-order valence-corrected chi connectivity index (χ1v) is 7.01. The average molecular weight is 306 g/mol. The van der Waals surface area contributed by atoms with Crippen molar-refractivity contribution in [3.63, 3.8) is 0 Å². The van der Waals surface area contributed by atoms with Crippen LogP contribution in [0.5, 0.6) is 5.75 Å². The van der Waals surface area contributed by atoms with Crippen LogP contribution in [0.1, 0.15) is 29.3 Å². The molecule has 0 aliphatic rings. The van der Waals surface area contributed by atoms with Gasteiger partial charge in [-0.25, -0.2) is 9.37 Å². The van der Waals surface area contributed by atoms with Gasteiger partial charge in [-0.2, -0.15) is 0 Å². The van der Waals surface area contributed by atoms with Gasteiger partial charge in [0, 0.05) is 6.42 Å². The van der Waals surface area contributed by atoms with Crippen molar-refractivity contribution in [2.75, 3.05) is 7.11 Å². The van der Waals surface area contributed by atoms with Crippen molar-refractivity contribution < 1.29 is 18.3 Å². The lowest BCUT2D eigenvalue weighted by molar-refractivity contribution is -0.121. The van der Waals surface area contributed by atoms with E-state index in [9.17, 15) is 9.18 Å². The maximum atomic E-state index is 13.5. The maximum absolute atomic E-state index is 13.5.